The number of unbranched alkanes of at least 4 members (excludes halogenated alkanes) is 1. The quantitative estimate of drug-likeness (QED) is 0.538. The maximum atomic E-state index is 12.0. The summed E-state index contributed by atoms with van der Waals surface area (Å²) < 4.78 is 10.2. The molecule has 1 aromatic rings. The standard InChI is InChI=1S/C17H25NO5/c1-13(2)15(16(20)22-11-7-6-10-19)18-17(21)23-12-14-8-4-3-5-9-14/h3-5,8-9,13,15,19H,6-7,10-12H2,1-2H3,(H,18,21). The van der Waals surface area contributed by atoms with Crippen molar-refractivity contribution in [2.45, 2.75) is 39.3 Å². The molecule has 1 unspecified atom stereocenters. The minimum Gasteiger partial charge on any atom is -0.464 e. The Morgan fingerprint density at radius 1 is 1.13 bits per heavy atom. The molecular weight excluding hydrogens is 298 g/mol. The molecule has 0 heterocycles. The molecule has 1 aromatic carbocycles. The van der Waals surface area contributed by atoms with Gasteiger partial charge in [-0.1, -0.05) is 44.2 Å². The monoisotopic (exact) mass is 323 g/mol. The number of alkyl carbamates (subject to hydrolysis) is 1. The molecule has 1 rings (SSSR count). The Labute approximate surface area is 136 Å². The third-order valence-corrected chi connectivity index (χ3v) is 3.20. The van der Waals surface area contributed by atoms with Crippen LogP contribution in [0.25, 0.3) is 0 Å². The molecule has 0 spiro atoms. The van der Waals surface area contributed by atoms with E-state index in [1.807, 2.05) is 44.2 Å². The van der Waals surface area contributed by atoms with E-state index in [0.29, 0.717) is 12.8 Å². The Balaban J connectivity index is 2.41. The zero-order valence-electron chi connectivity index (χ0n) is 13.7. The van der Waals surface area contributed by atoms with Gasteiger partial charge in [-0.2, -0.15) is 0 Å². The predicted octanol–water partition coefficient (Wildman–Crippen LogP) is 2.25. The smallest absolute Gasteiger partial charge is 0.408 e. The minimum absolute atomic E-state index is 0.0647. The second-order valence-corrected chi connectivity index (χ2v) is 5.53. The maximum absolute atomic E-state index is 12.0. The van der Waals surface area contributed by atoms with E-state index in [9.17, 15) is 9.59 Å². The van der Waals surface area contributed by atoms with Crippen LogP contribution in [0.15, 0.2) is 30.3 Å². The molecule has 0 aliphatic rings. The maximum Gasteiger partial charge on any atom is 0.408 e. The van der Waals surface area contributed by atoms with E-state index in [4.69, 9.17) is 14.6 Å². The molecular formula is C17H25NO5. The summed E-state index contributed by atoms with van der Waals surface area (Å²) in [6.07, 6.45) is 0.511. The SMILES string of the molecule is CC(C)C(NC(=O)OCc1ccccc1)C(=O)OCCCCO. The van der Waals surface area contributed by atoms with Crippen LogP contribution in [-0.2, 0) is 20.9 Å². The van der Waals surface area contributed by atoms with Crippen LogP contribution in [0.2, 0.25) is 0 Å². The van der Waals surface area contributed by atoms with Crippen molar-refractivity contribution in [3.8, 4) is 0 Å². The molecule has 6 heteroatoms. The lowest BCUT2D eigenvalue weighted by Crippen LogP contribution is -2.45. The predicted molar refractivity (Wildman–Crippen MR) is 85.7 cm³/mol. The van der Waals surface area contributed by atoms with Crippen molar-refractivity contribution >= 4 is 12.1 Å². The summed E-state index contributed by atoms with van der Waals surface area (Å²) in [4.78, 5) is 23.8. The number of carbonyl (C=O) groups is 2. The van der Waals surface area contributed by atoms with Gasteiger partial charge in [0, 0.05) is 6.61 Å². The molecule has 0 bridgehead atoms. The van der Waals surface area contributed by atoms with Crippen LogP contribution in [0, 0.1) is 5.92 Å². The molecule has 6 nitrogen and oxygen atoms in total. The van der Waals surface area contributed by atoms with Gasteiger partial charge in [0.15, 0.2) is 0 Å². The molecule has 2 N–H and O–H groups in total. The number of amides is 1. The third kappa shape index (κ3) is 7.65. The van der Waals surface area contributed by atoms with Crippen LogP contribution in [0.3, 0.4) is 0 Å². The lowest BCUT2D eigenvalue weighted by Gasteiger charge is -2.20. The van der Waals surface area contributed by atoms with Gasteiger partial charge in [0.05, 0.1) is 6.61 Å². The van der Waals surface area contributed by atoms with Crippen molar-refractivity contribution in [2.24, 2.45) is 5.92 Å². The highest BCUT2D eigenvalue weighted by molar-refractivity contribution is 5.81. The Morgan fingerprint density at radius 3 is 2.43 bits per heavy atom. The van der Waals surface area contributed by atoms with Crippen molar-refractivity contribution in [3.63, 3.8) is 0 Å². The molecule has 1 atom stereocenters. The molecule has 0 radical (unpaired) electrons. The van der Waals surface area contributed by atoms with E-state index in [-0.39, 0.29) is 25.7 Å². The largest absolute Gasteiger partial charge is 0.464 e. The first-order chi connectivity index (χ1) is 11.0. The number of nitrogens with one attached hydrogen (secondary N) is 1. The number of hydrogen-bond donors (Lipinski definition) is 2. The van der Waals surface area contributed by atoms with Crippen LogP contribution in [0.1, 0.15) is 32.3 Å². The first-order valence-electron chi connectivity index (χ1n) is 7.79. The van der Waals surface area contributed by atoms with Gasteiger partial charge in [-0.05, 0) is 24.3 Å². The number of aliphatic hydroxyl groups is 1. The molecule has 1 amide bonds. The van der Waals surface area contributed by atoms with Crippen LogP contribution >= 0.6 is 0 Å². The van der Waals surface area contributed by atoms with E-state index in [1.54, 1.807) is 0 Å². The van der Waals surface area contributed by atoms with E-state index in [2.05, 4.69) is 5.32 Å². The number of ether oxygens (including phenoxy) is 2. The lowest BCUT2D eigenvalue weighted by atomic mass is 10.1. The molecule has 0 aliphatic carbocycles. The summed E-state index contributed by atoms with van der Waals surface area (Å²) in [6.45, 7) is 4.07. The Hall–Kier alpha value is -2.08. The highest BCUT2D eigenvalue weighted by atomic mass is 16.6. The highest BCUT2D eigenvalue weighted by Gasteiger charge is 2.26. The Bertz CT molecular complexity index is 475. The third-order valence-electron chi connectivity index (χ3n) is 3.20. The summed E-state index contributed by atoms with van der Waals surface area (Å²) in [5, 5.41) is 11.2. The van der Waals surface area contributed by atoms with Gasteiger partial charge in [0.2, 0.25) is 0 Å². The zero-order valence-corrected chi connectivity index (χ0v) is 13.7. The number of hydrogen-bond acceptors (Lipinski definition) is 5. The van der Waals surface area contributed by atoms with Crippen molar-refractivity contribution < 1.29 is 24.2 Å². The number of carbonyl (C=O) groups excluding carboxylic acids is 2. The summed E-state index contributed by atoms with van der Waals surface area (Å²) in [5.41, 5.74) is 0.871. The van der Waals surface area contributed by atoms with Gasteiger partial charge >= 0.3 is 12.1 Å². The van der Waals surface area contributed by atoms with Crippen LogP contribution in [0.4, 0.5) is 4.79 Å². The van der Waals surface area contributed by atoms with Gasteiger partial charge in [-0.25, -0.2) is 9.59 Å². The van der Waals surface area contributed by atoms with E-state index >= 15 is 0 Å². The second-order valence-electron chi connectivity index (χ2n) is 5.53. The van der Waals surface area contributed by atoms with E-state index < -0.39 is 18.1 Å². The van der Waals surface area contributed by atoms with Crippen molar-refractivity contribution in [2.75, 3.05) is 13.2 Å². The van der Waals surface area contributed by atoms with Gasteiger partial charge in [0.1, 0.15) is 12.6 Å². The molecule has 0 aromatic heterocycles. The number of benzene rings is 1. The molecule has 0 saturated heterocycles. The van der Waals surface area contributed by atoms with Crippen molar-refractivity contribution in [1.82, 2.24) is 5.32 Å². The summed E-state index contributed by atoms with van der Waals surface area (Å²) in [7, 11) is 0. The van der Waals surface area contributed by atoms with Gasteiger partial charge in [-0.15, -0.1) is 0 Å². The van der Waals surface area contributed by atoms with Gasteiger partial charge in [0.25, 0.3) is 0 Å². The lowest BCUT2D eigenvalue weighted by molar-refractivity contribution is -0.147. The van der Waals surface area contributed by atoms with Crippen molar-refractivity contribution in [1.29, 1.82) is 0 Å². The summed E-state index contributed by atoms with van der Waals surface area (Å²) in [6, 6.07) is 8.54. The average molecular weight is 323 g/mol. The first kappa shape index (κ1) is 19.0. The Morgan fingerprint density at radius 2 is 1.83 bits per heavy atom. The summed E-state index contributed by atoms with van der Waals surface area (Å²) >= 11 is 0. The van der Waals surface area contributed by atoms with Crippen LogP contribution in [0.5, 0.6) is 0 Å². The highest BCUT2D eigenvalue weighted by Crippen LogP contribution is 2.06. The van der Waals surface area contributed by atoms with Crippen LogP contribution < -0.4 is 5.32 Å². The number of rotatable bonds is 9. The molecule has 0 saturated carbocycles. The number of aliphatic hydroxyl groups excluding tert-OH is 1. The summed E-state index contributed by atoms with van der Waals surface area (Å²) in [5.74, 6) is -0.612. The fourth-order valence-electron chi connectivity index (χ4n) is 1.87. The first-order valence-corrected chi connectivity index (χ1v) is 7.79. The zero-order chi connectivity index (χ0) is 17.1. The van der Waals surface area contributed by atoms with Gasteiger partial charge < -0.3 is 19.9 Å². The average Bonchev–Trinajstić information content (AvgIpc) is 2.55. The molecule has 128 valence electrons. The fraction of sp³-hybridized carbons (Fsp3) is 0.529. The molecule has 0 fully saturated rings. The Kier molecular flexibility index (Phi) is 8.75. The number of esters is 1. The van der Waals surface area contributed by atoms with E-state index in [0.717, 1.165) is 5.56 Å². The van der Waals surface area contributed by atoms with Crippen molar-refractivity contribution in [3.05, 3.63) is 35.9 Å². The minimum atomic E-state index is -0.757. The van der Waals surface area contributed by atoms with E-state index in [1.165, 1.54) is 0 Å². The van der Waals surface area contributed by atoms with Gasteiger partial charge in [-0.3, -0.25) is 0 Å². The van der Waals surface area contributed by atoms with Crippen LogP contribution in [-0.4, -0.2) is 36.4 Å². The topological polar surface area (TPSA) is 84.9 Å². The molecule has 23 heavy (non-hydrogen) atoms. The normalized spacial score (nSPS) is 11.8. The fourth-order valence-corrected chi connectivity index (χ4v) is 1.87. The second kappa shape index (κ2) is 10.6. The molecule has 0 aliphatic heterocycles.